The number of benzene rings is 1. The number of hydrogen-bond donors (Lipinski definition) is 3. The van der Waals surface area contributed by atoms with Crippen molar-refractivity contribution in [2.45, 2.75) is 6.42 Å². The third kappa shape index (κ3) is 5.62. The van der Waals surface area contributed by atoms with Gasteiger partial charge in [0.25, 0.3) is 11.5 Å². The highest BCUT2D eigenvalue weighted by molar-refractivity contribution is 6.08. The van der Waals surface area contributed by atoms with E-state index in [1.54, 1.807) is 25.6 Å². The molecule has 0 unspecified atom stereocenters. The van der Waals surface area contributed by atoms with Crippen molar-refractivity contribution in [1.29, 1.82) is 0 Å². The molecule has 0 radical (unpaired) electrons. The summed E-state index contributed by atoms with van der Waals surface area (Å²) in [6, 6.07) is 11.3. The molecule has 0 spiro atoms. The highest BCUT2D eigenvalue weighted by Gasteiger charge is 2.18. The number of carbonyl (C=O) groups is 1. The van der Waals surface area contributed by atoms with Gasteiger partial charge in [-0.15, -0.1) is 0 Å². The predicted molar refractivity (Wildman–Crippen MR) is 134 cm³/mol. The summed E-state index contributed by atoms with van der Waals surface area (Å²) >= 11 is 0. The molecule has 0 bridgehead atoms. The fraction of sp³-hybridized carbons (Fsp3) is 0.320. The number of methoxy groups -OCH3 is 1. The Kier molecular flexibility index (Phi) is 7.56. The van der Waals surface area contributed by atoms with Gasteiger partial charge in [0.15, 0.2) is 0 Å². The fourth-order valence-corrected chi connectivity index (χ4v) is 3.93. The van der Waals surface area contributed by atoms with E-state index in [1.807, 2.05) is 30.3 Å². The van der Waals surface area contributed by atoms with E-state index < -0.39 is 11.5 Å². The number of amides is 1. The van der Waals surface area contributed by atoms with Crippen molar-refractivity contribution < 1.29 is 9.53 Å². The van der Waals surface area contributed by atoms with E-state index in [0.29, 0.717) is 24.4 Å². The minimum atomic E-state index is -0.487. The minimum Gasteiger partial charge on any atom is -0.384 e. The maximum absolute atomic E-state index is 13.1. The summed E-state index contributed by atoms with van der Waals surface area (Å²) in [5.74, 6) is -0.487. The van der Waals surface area contributed by atoms with Crippen LogP contribution in [0.3, 0.4) is 0 Å². The maximum Gasteiger partial charge on any atom is 0.263 e. The topological polar surface area (TPSA) is 103 Å². The molecule has 3 aromatic rings. The first-order chi connectivity index (χ1) is 16.5. The van der Waals surface area contributed by atoms with Crippen LogP contribution >= 0.6 is 0 Å². The molecule has 3 heterocycles. The lowest BCUT2D eigenvalue weighted by atomic mass is 10.1. The predicted octanol–water partition coefficient (Wildman–Crippen LogP) is 2.71. The number of nitrogens with one attached hydrogen (secondary N) is 3. The van der Waals surface area contributed by atoms with Gasteiger partial charge in [0, 0.05) is 57.1 Å². The van der Waals surface area contributed by atoms with Gasteiger partial charge in [-0.1, -0.05) is 0 Å². The van der Waals surface area contributed by atoms with Crippen LogP contribution in [0.15, 0.2) is 59.8 Å². The first kappa shape index (κ1) is 23.5. The molecule has 1 aliphatic rings. The third-order valence-corrected chi connectivity index (χ3v) is 5.94. The van der Waals surface area contributed by atoms with E-state index in [9.17, 15) is 9.59 Å². The smallest absolute Gasteiger partial charge is 0.263 e. The molecule has 3 N–H and O–H groups in total. The summed E-state index contributed by atoms with van der Waals surface area (Å²) in [6.45, 7) is 4.53. The Hall–Kier alpha value is -3.69. The highest BCUT2D eigenvalue weighted by atomic mass is 16.5. The number of nitrogens with zero attached hydrogens (tertiary/aromatic N) is 3. The van der Waals surface area contributed by atoms with Crippen LogP contribution in [0.4, 0.5) is 22.7 Å². The second kappa shape index (κ2) is 11.0. The van der Waals surface area contributed by atoms with Crippen LogP contribution in [-0.2, 0) is 11.2 Å². The van der Waals surface area contributed by atoms with E-state index in [4.69, 9.17) is 4.74 Å². The molecule has 0 saturated carbocycles. The van der Waals surface area contributed by atoms with Crippen LogP contribution in [0, 0.1) is 0 Å². The quantitative estimate of drug-likeness (QED) is 0.473. The van der Waals surface area contributed by atoms with Gasteiger partial charge in [-0.2, -0.15) is 0 Å². The number of aromatic amines is 1. The molecule has 0 aliphatic carbocycles. The van der Waals surface area contributed by atoms with Crippen LogP contribution in [-0.4, -0.2) is 67.7 Å². The highest BCUT2D eigenvalue weighted by Crippen LogP contribution is 2.24. The number of rotatable bonds is 8. The molecule has 34 heavy (non-hydrogen) atoms. The molecule has 9 heteroatoms. The molecule has 1 aromatic carbocycles. The summed E-state index contributed by atoms with van der Waals surface area (Å²) < 4.78 is 5.18. The standard InChI is InChI=1S/C25H30N6O3/c1-30-12-14-31(15-13-30)20-5-3-19(4-6-20)28-25(33)23-21(8-11-27-24(23)32)29-22-17-26-10-7-18(22)9-16-34-2/h3-8,10-11,17H,9,12-16H2,1-2H3,(H,28,33)(H2,27,29,32). The minimum absolute atomic E-state index is 0.00666. The van der Waals surface area contributed by atoms with Crippen LogP contribution < -0.4 is 21.1 Å². The average molecular weight is 463 g/mol. The molecule has 178 valence electrons. The summed E-state index contributed by atoms with van der Waals surface area (Å²) in [4.78, 5) is 37.1. The molecule has 9 nitrogen and oxygen atoms in total. The number of hydrogen-bond acceptors (Lipinski definition) is 7. The van der Waals surface area contributed by atoms with Gasteiger partial charge in [-0.05, 0) is 55.4 Å². The Morgan fingerprint density at radius 3 is 2.59 bits per heavy atom. The van der Waals surface area contributed by atoms with Gasteiger partial charge in [-0.25, -0.2) is 0 Å². The Bertz CT molecular complexity index is 1170. The molecular formula is C25H30N6O3. The van der Waals surface area contributed by atoms with E-state index in [1.165, 1.54) is 6.20 Å². The second-order valence-corrected chi connectivity index (χ2v) is 8.29. The lowest BCUT2D eigenvalue weighted by Crippen LogP contribution is -2.44. The second-order valence-electron chi connectivity index (χ2n) is 8.29. The molecule has 0 atom stereocenters. The Balaban J connectivity index is 1.51. The van der Waals surface area contributed by atoms with Crippen molar-refractivity contribution >= 4 is 28.7 Å². The van der Waals surface area contributed by atoms with Crippen LogP contribution in [0.5, 0.6) is 0 Å². The SMILES string of the molecule is COCCc1ccncc1Nc1cc[nH]c(=O)c1C(=O)Nc1ccc(N2CCN(C)CC2)cc1. The van der Waals surface area contributed by atoms with Crippen molar-refractivity contribution in [3.8, 4) is 0 Å². The third-order valence-electron chi connectivity index (χ3n) is 5.94. The van der Waals surface area contributed by atoms with Gasteiger partial charge in [0.2, 0.25) is 0 Å². The molecule has 1 fully saturated rings. The summed E-state index contributed by atoms with van der Waals surface area (Å²) in [5, 5.41) is 6.05. The molecule has 4 rings (SSSR count). The molecule has 1 saturated heterocycles. The zero-order chi connectivity index (χ0) is 23.9. The normalized spacial score (nSPS) is 14.1. The van der Waals surface area contributed by atoms with Crippen LogP contribution in [0.25, 0.3) is 0 Å². The van der Waals surface area contributed by atoms with Crippen LogP contribution in [0.2, 0.25) is 0 Å². The number of piperazine rings is 1. The van der Waals surface area contributed by atoms with Gasteiger partial charge in [0.1, 0.15) is 5.56 Å². The monoisotopic (exact) mass is 462 g/mol. The van der Waals surface area contributed by atoms with E-state index in [2.05, 4.69) is 37.4 Å². The molecule has 1 aliphatic heterocycles. The van der Waals surface area contributed by atoms with Crippen molar-refractivity contribution in [3.05, 3.63) is 76.5 Å². The van der Waals surface area contributed by atoms with Gasteiger partial charge in [0.05, 0.1) is 24.2 Å². The van der Waals surface area contributed by atoms with E-state index >= 15 is 0 Å². The fourth-order valence-electron chi connectivity index (χ4n) is 3.93. The average Bonchev–Trinajstić information content (AvgIpc) is 2.84. The first-order valence-corrected chi connectivity index (χ1v) is 11.3. The summed E-state index contributed by atoms with van der Waals surface area (Å²) in [6.07, 6.45) is 5.56. The van der Waals surface area contributed by atoms with Crippen molar-refractivity contribution in [2.75, 3.05) is 62.5 Å². The van der Waals surface area contributed by atoms with Crippen LogP contribution in [0.1, 0.15) is 15.9 Å². The van der Waals surface area contributed by atoms with Crippen molar-refractivity contribution in [3.63, 3.8) is 0 Å². The van der Waals surface area contributed by atoms with Crippen molar-refractivity contribution in [1.82, 2.24) is 14.9 Å². The van der Waals surface area contributed by atoms with Crippen molar-refractivity contribution in [2.24, 2.45) is 0 Å². The van der Waals surface area contributed by atoms with Gasteiger partial charge >= 0.3 is 0 Å². The Morgan fingerprint density at radius 2 is 1.85 bits per heavy atom. The Morgan fingerprint density at radius 1 is 1.09 bits per heavy atom. The van der Waals surface area contributed by atoms with Gasteiger partial charge < -0.3 is 30.2 Å². The number of ether oxygens (including phenoxy) is 1. The Labute approximate surface area is 198 Å². The number of anilines is 4. The number of pyridine rings is 2. The number of H-pyrrole nitrogens is 1. The maximum atomic E-state index is 13.1. The molecule has 1 amide bonds. The zero-order valence-corrected chi connectivity index (χ0v) is 19.5. The number of likely N-dealkylation sites (N-methyl/N-ethyl adjacent to an activating group) is 1. The molecule has 2 aromatic heterocycles. The number of aromatic nitrogens is 2. The summed E-state index contributed by atoms with van der Waals surface area (Å²) in [5.41, 5.74) is 3.37. The van der Waals surface area contributed by atoms with Gasteiger partial charge in [-0.3, -0.25) is 14.6 Å². The lowest BCUT2D eigenvalue weighted by Gasteiger charge is -2.34. The summed E-state index contributed by atoms with van der Waals surface area (Å²) in [7, 11) is 3.77. The van der Waals surface area contributed by atoms with E-state index in [-0.39, 0.29) is 5.56 Å². The van der Waals surface area contributed by atoms with E-state index in [0.717, 1.165) is 43.1 Å². The first-order valence-electron chi connectivity index (χ1n) is 11.3. The lowest BCUT2D eigenvalue weighted by molar-refractivity contribution is 0.102. The number of carbonyl (C=O) groups excluding carboxylic acids is 1. The zero-order valence-electron chi connectivity index (χ0n) is 19.5. The largest absolute Gasteiger partial charge is 0.384 e. The molecular weight excluding hydrogens is 432 g/mol.